The standard InChI is InChI=1S/C21H19NO/c23-21-18-9-5-4-8-17(18)19(14-6-2-1-3-7-14)20(15-10-11-15)22(21)16-12-13-16/h1-9,15-16H,10-13H2. The van der Waals surface area contributed by atoms with Gasteiger partial charge in [0, 0.05) is 28.6 Å². The third-order valence-electron chi connectivity index (χ3n) is 5.10. The third-order valence-corrected chi connectivity index (χ3v) is 5.10. The number of fused-ring (bicyclic) bond motifs is 1. The van der Waals surface area contributed by atoms with Gasteiger partial charge in [0.1, 0.15) is 0 Å². The number of pyridine rings is 1. The van der Waals surface area contributed by atoms with E-state index in [2.05, 4.69) is 41.0 Å². The van der Waals surface area contributed by atoms with Crippen molar-refractivity contribution < 1.29 is 0 Å². The molecule has 0 amide bonds. The lowest BCUT2D eigenvalue weighted by Gasteiger charge is -2.20. The predicted octanol–water partition coefficient (Wildman–Crippen LogP) is 4.88. The van der Waals surface area contributed by atoms with Gasteiger partial charge in [0.15, 0.2) is 0 Å². The van der Waals surface area contributed by atoms with Gasteiger partial charge in [-0.15, -0.1) is 0 Å². The van der Waals surface area contributed by atoms with Crippen LogP contribution in [0, 0.1) is 0 Å². The molecule has 2 nitrogen and oxygen atoms in total. The average molecular weight is 301 g/mol. The molecule has 114 valence electrons. The maximum atomic E-state index is 13.1. The minimum Gasteiger partial charge on any atom is -0.308 e. The van der Waals surface area contributed by atoms with Crippen molar-refractivity contribution in [2.75, 3.05) is 0 Å². The quantitative estimate of drug-likeness (QED) is 0.675. The molecule has 2 aromatic carbocycles. The summed E-state index contributed by atoms with van der Waals surface area (Å²) in [5, 5.41) is 1.98. The van der Waals surface area contributed by atoms with Crippen LogP contribution in [-0.4, -0.2) is 4.57 Å². The fraction of sp³-hybridized carbons (Fsp3) is 0.286. The summed E-state index contributed by atoms with van der Waals surface area (Å²) < 4.78 is 2.14. The van der Waals surface area contributed by atoms with E-state index in [0.29, 0.717) is 12.0 Å². The fourth-order valence-corrected chi connectivity index (χ4v) is 3.75. The Morgan fingerprint density at radius 3 is 2.09 bits per heavy atom. The number of benzene rings is 2. The highest BCUT2D eigenvalue weighted by Crippen LogP contribution is 2.49. The number of hydrogen-bond acceptors (Lipinski definition) is 1. The summed E-state index contributed by atoms with van der Waals surface area (Å²) in [6, 6.07) is 19.1. The summed E-state index contributed by atoms with van der Waals surface area (Å²) in [6.45, 7) is 0. The second-order valence-corrected chi connectivity index (χ2v) is 6.85. The number of hydrogen-bond donors (Lipinski definition) is 0. The van der Waals surface area contributed by atoms with Crippen molar-refractivity contribution in [3.8, 4) is 11.1 Å². The van der Waals surface area contributed by atoms with E-state index in [-0.39, 0.29) is 5.56 Å². The second kappa shape index (κ2) is 4.82. The van der Waals surface area contributed by atoms with Gasteiger partial charge in [-0.25, -0.2) is 0 Å². The first-order chi connectivity index (χ1) is 11.3. The molecule has 0 bridgehead atoms. The van der Waals surface area contributed by atoms with Gasteiger partial charge in [-0.05, 0) is 42.7 Å². The molecule has 23 heavy (non-hydrogen) atoms. The lowest BCUT2D eigenvalue weighted by molar-refractivity contribution is 0.668. The molecule has 0 atom stereocenters. The monoisotopic (exact) mass is 301 g/mol. The van der Waals surface area contributed by atoms with Crippen LogP contribution in [0.2, 0.25) is 0 Å². The summed E-state index contributed by atoms with van der Waals surface area (Å²) >= 11 is 0. The molecule has 0 unspecified atom stereocenters. The van der Waals surface area contributed by atoms with Gasteiger partial charge >= 0.3 is 0 Å². The Balaban J connectivity index is 1.96. The van der Waals surface area contributed by atoms with Crippen LogP contribution in [0.25, 0.3) is 21.9 Å². The molecular formula is C21H19NO. The number of rotatable bonds is 3. The zero-order chi connectivity index (χ0) is 15.4. The van der Waals surface area contributed by atoms with Crippen LogP contribution < -0.4 is 5.56 Å². The molecule has 3 aromatic rings. The van der Waals surface area contributed by atoms with Gasteiger partial charge in [-0.2, -0.15) is 0 Å². The largest absolute Gasteiger partial charge is 0.308 e. The maximum absolute atomic E-state index is 13.1. The number of nitrogens with zero attached hydrogens (tertiary/aromatic N) is 1. The molecule has 0 saturated heterocycles. The molecule has 5 rings (SSSR count). The van der Waals surface area contributed by atoms with E-state index < -0.39 is 0 Å². The molecule has 1 heterocycles. The van der Waals surface area contributed by atoms with Gasteiger partial charge in [0.25, 0.3) is 5.56 Å². The van der Waals surface area contributed by atoms with Crippen LogP contribution in [0.15, 0.2) is 59.4 Å². The van der Waals surface area contributed by atoms with E-state index in [0.717, 1.165) is 23.6 Å². The zero-order valence-corrected chi connectivity index (χ0v) is 13.0. The van der Waals surface area contributed by atoms with Gasteiger partial charge in [-0.3, -0.25) is 4.79 Å². The molecule has 0 radical (unpaired) electrons. The number of aromatic nitrogens is 1. The third kappa shape index (κ3) is 2.05. The molecule has 1 aromatic heterocycles. The van der Waals surface area contributed by atoms with Crippen molar-refractivity contribution in [1.29, 1.82) is 0 Å². The van der Waals surface area contributed by atoms with E-state index in [1.54, 1.807) is 0 Å². The van der Waals surface area contributed by atoms with E-state index >= 15 is 0 Å². The minimum atomic E-state index is 0.213. The Hall–Kier alpha value is -2.35. The van der Waals surface area contributed by atoms with E-state index in [4.69, 9.17) is 0 Å². The zero-order valence-electron chi connectivity index (χ0n) is 13.0. The highest BCUT2D eigenvalue weighted by molar-refractivity contribution is 5.97. The molecule has 0 spiro atoms. The van der Waals surface area contributed by atoms with Crippen molar-refractivity contribution >= 4 is 10.8 Å². The predicted molar refractivity (Wildman–Crippen MR) is 93.9 cm³/mol. The van der Waals surface area contributed by atoms with Crippen LogP contribution in [-0.2, 0) is 0 Å². The molecule has 2 fully saturated rings. The van der Waals surface area contributed by atoms with Crippen molar-refractivity contribution in [3.63, 3.8) is 0 Å². The molecule has 2 aliphatic carbocycles. The maximum Gasteiger partial charge on any atom is 0.258 e. The molecule has 0 N–H and O–H groups in total. The summed E-state index contributed by atoms with van der Waals surface area (Å²) in [5.74, 6) is 0.558. The van der Waals surface area contributed by atoms with Crippen LogP contribution in [0.1, 0.15) is 43.3 Å². The highest BCUT2D eigenvalue weighted by Gasteiger charge is 2.36. The minimum absolute atomic E-state index is 0.213. The SMILES string of the molecule is O=c1c2ccccc2c(-c2ccccc2)c(C2CC2)n1C1CC1. The van der Waals surface area contributed by atoms with E-state index in [9.17, 15) is 4.79 Å². The Morgan fingerprint density at radius 1 is 0.783 bits per heavy atom. The van der Waals surface area contributed by atoms with Crippen LogP contribution >= 0.6 is 0 Å². The average Bonchev–Trinajstić information content (AvgIpc) is 3.48. The first-order valence-corrected chi connectivity index (χ1v) is 8.57. The smallest absolute Gasteiger partial charge is 0.258 e. The molecule has 2 saturated carbocycles. The van der Waals surface area contributed by atoms with Gasteiger partial charge in [0.2, 0.25) is 0 Å². The topological polar surface area (TPSA) is 22.0 Å². The first-order valence-electron chi connectivity index (χ1n) is 8.57. The summed E-state index contributed by atoms with van der Waals surface area (Å²) in [4.78, 5) is 13.1. The lowest BCUT2D eigenvalue weighted by atomic mass is 9.95. The van der Waals surface area contributed by atoms with Crippen LogP contribution in [0.4, 0.5) is 0 Å². The van der Waals surface area contributed by atoms with Crippen LogP contribution in [0.5, 0.6) is 0 Å². The van der Waals surface area contributed by atoms with E-state index in [1.807, 2.05) is 18.2 Å². The molecule has 0 aliphatic heterocycles. The van der Waals surface area contributed by atoms with Gasteiger partial charge < -0.3 is 4.57 Å². The Labute approximate surface area is 135 Å². The van der Waals surface area contributed by atoms with Gasteiger partial charge in [-0.1, -0.05) is 48.5 Å². The second-order valence-electron chi connectivity index (χ2n) is 6.85. The van der Waals surface area contributed by atoms with Crippen molar-refractivity contribution in [3.05, 3.63) is 70.6 Å². The Kier molecular flexibility index (Phi) is 2.75. The summed E-state index contributed by atoms with van der Waals surface area (Å²) in [6.07, 6.45) is 4.72. The Bertz CT molecular complexity index is 947. The lowest BCUT2D eigenvalue weighted by Crippen LogP contribution is -2.23. The Morgan fingerprint density at radius 2 is 1.43 bits per heavy atom. The highest BCUT2D eigenvalue weighted by atomic mass is 16.1. The first kappa shape index (κ1) is 13.1. The molecule has 2 aliphatic rings. The van der Waals surface area contributed by atoms with Crippen molar-refractivity contribution in [1.82, 2.24) is 4.57 Å². The normalized spacial score (nSPS) is 17.6. The summed E-state index contributed by atoms with van der Waals surface area (Å²) in [5.41, 5.74) is 4.03. The van der Waals surface area contributed by atoms with Crippen molar-refractivity contribution in [2.24, 2.45) is 0 Å². The van der Waals surface area contributed by atoms with Gasteiger partial charge in [0.05, 0.1) is 0 Å². The molecule has 2 heteroatoms. The fourth-order valence-electron chi connectivity index (χ4n) is 3.75. The van der Waals surface area contributed by atoms with Crippen molar-refractivity contribution in [2.45, 2.75) is 37.6 Å². The summed E-state index contributed by atoms with van der Waals surface area (Å²) in [7, 11) is 0. The molecular weight excluding hydrogens is 282 g/mol. The van der Waals surface area contributed by atoms with Crippen LogP contribution in [0.3, 0.4) is 0 Å². The van der Waals surface area contributed by atoms with E-state index in [1.165, 1.54) is 29.7 Å².